The molecular weight excluding hydrogens is 326 g/mol. The monoisotopic (exact) mass is 341 g/mol. The summed E-state index contributed by atoms with van der Waals surface area (Å²) in [6.07, 6.45) is 1.88. The van der Waals surface area contributed by atoms with Gasteiger partial charge in [-0.3, -0.25) is 10.2 Å². The summed E-state index contributed by atoms with van der Waals surface area (Å²) in [5.41, 5.74) is 10.3. The minimum absolute atomic E-state index is 0.0702. The Labute approximate surface area is 144 Å². The Bertz CT molecular complexity index is 747. The number of amides is 1. The molecule has 116 valence electrons. The van der Waals surface area contributed by atoms with Crippen LogP contribution in [-0.2, 0) is 4.79 Å². The largest absolute Gasteiger partial charge is 0.375 e. The van der Waals surface area contributed by atoms with E-state index < -0.39 is 0 Å². The molecule has 3 rings (SSSR count). The van der Waals surface area contributed by atoms with E-state index in [-0.39, 0.29) is 16.4 Å². The van der Waals surface area contributed by atoms with Crippen molar-refractivity contribution < 1.29 is 4.79 Å². The van der Waals surface area contributed by atoms with Crippen molar-refractivity contribution in [1.29, 1.82) is 0 Å². The van der Waals surface area contributed by atoms with E-state index in [2.05, 4.69) is 5.43 Å². The summed E-state index contributed by atoms with van der Waals surface area (Å²) in [5, 5.41) is 1.35. The number of carbonyl (C=O) groups is 1. The van der Waals surface area contributed by atoms with E-state index in [1.807, 2.05) is 66.7 Å². The van der Waals surface area contributed by atoms with Gasteiger partial charge >= 0.3 is 0 Å². The molecule has 2 aromatic rings. The van der Waals surface area contributed by atoms with Gasteiger partial charge in [0.25, 0.3) is 5.91 Å². The molecule has 1 unspecified atom stereocenters. The van der Waals surface area contributed by atoms with Gasteiger partial charge in [0.15, 0.2) is 5.11 Å². The van der Waals surface area contributed by atoms with E-state index in [4.69, 9.17) is 18.0 Å². The van der Waals surface area contributed by atoms with Gasteiger partial charge in [-0.1, -0.05) is 72.4 Å². The highest BCUT2D eigenvalue weighted by atomic mass is 32.2. The Kier molecular flexibility index (Phi) is 4.64. The summed E-state index contributed by atoms with van der Waals surface area (Å²) in [7, 11) is 0. The van der Waals surface area contributed by atoms with Crippen LogP contribution in [0.1, 0.15) is 16.5 Å². The van der Waals surface area contributed by atoms with Crippen molar-refractivity contribution in [1.82, 2.24) is 10.4 Å². The molecule has 0 bridgehead atoms. The van der Waals surface area contributed by atoms with E-state index in [0.29, 0.717) is 4.91 Å². The fraction of sp³-hybridized carbons (Fsp3) is 0.0588. The lowest BCUT2D eigenvalue weighted by Gasteiger charge is -2.23. The summed E-state index contributed by atoms with van der Waals surface area (Å²) in [6, 6.07) is 19.5. The number of hydrazine groups is 1. The molecule has 3 N–H and O–H groups in total. The minimum atomic E-state index is -0.208. The lowest BCUT2D eigenvalue weighted by Crippen LogP contribution is -2.46. The highest BCUT2D eigenvalue weighted by Gasteiger charge is 2.37. The van der Waals surface area contributed by atoms with Gasteiger partial charge in [0.05, 0.1) is 4.91 Å². The number of rotatable bonds is 3. The zero-order valence-electron chi connectivity index (χ0n) is 12.2. The number of nitrogens with two attached hydrogens (primary N) is 1. The molecule has 1 aliphatic heterocycles. The molecule has 23 heavy (non-hydrogen) atoms. The highest BCUT2D eigenvalue weighted by Crippen LogP contribution is 2.44. The molecule has 4 nitrogen and oxygen atoms in total. The van der Waals surface area contributed by atoms with Crippen molar-refractivity contribution in [3.8, 4) is 0 Å². The van der Waals surface area contributed by atoms with Gasteiger partial charge in [0.2, 0.25) is 0 Å². The standard InChI is InChI=1S/C17H15N3OS2/c18-17(22)19-20-15(21)14(11-12-7-3-1-4-8-12)23-16(20)13-9-5-2-6-10-13/h1-11,16H,(H3,18,19,22). The first-order valence-electron chi connectivity index (χ1n) is 7.03. The van der Waals surface area contributed by atoms with Crippen LogP contribution >= 0.6 is 24.0 Å². The number of nitrogens with zero attached hydrogens (tertiary/aromatic N) is 1. The second-order valence-electron chi connectivity index (χ2n) is 4.95. The van der Waals surface area contributed by atoms with Gasteiger partial charge in [0, 0.05) is 0 Å². The van der Waals surface area contributed by atoms with Crippen LogP contribution in [0.2, 0.25) is 0 Å². The maximum absolute atomic E-state index is 12.7. The lowest BCUT2D eigenvalue weighted by molar-refractivity contribution is -0.127. The molecule has 0 saturated carbocycles. The molecule has 1 amide bonds. The average Bonchev–Trinajstić information content (AvgIpc) is 2.86. The topological polar surface area (TPSA) is 58.4 Å². The van der Waals surface area contributed by atoms with Gasteiger partial charge in [0.1, 0.15) is 5.37 Å². The normalized spacial score (nSPS) is 19.1. The molecule has 1 saturated heterocycles. The number of nitrogens with one attached hydrogen (secondary N) is 1. The predicted molar refractivity (Wildman–Crippen MR) is 98.0 cm³/mol. The predicted octanol–water partition coefficient (Wildman–Crippen LogP) is 3.05. The van der Waals surface area contributed by atoms with Crippen molar-refractivity contribution >= 4 is 41.1 Å². The number of carbonyl (C=O) groups excluding carboxylic acids is 1. The highest BCUT2D eigenvalue weighted by molar-refractivity contribution is 8.04. The number of hydrogen-bond donors (Lipinski definition) is 2. The SMILES string of the molecule is NC(=S)NN1C(=O)C(=Cc2ccccc2)SC1c1ccccc1. The summed E-state index contributed by atoms with van der Waals surface area (Å²) in [4.78, 5) is 13.3. The Morgan fingerprint density at radius 3 is 2.35 bits per heavy atom. The van der Waals surface area contributed by atoms with Crippen molar-refractivity contribution in [3.63, 3.8) is 0 Å². The third-order valence-electron chi connectivity index (χ3n) is 3.32. The van der Waals surface area contributed by atoms with Crippen LogP contribution < -0.4 is 11.2 Å². The summed E-state index contributed by atoms with van der Waals surface area (Å²) >= 11 is 6.38. The Morgan fingerprint density at radius 1 is 1.13 bits per heavy atom. The molecule has 1 atom stereocenters. The van der Waals surface area contributed by atoms with Gasteiger partial charge in [-0.05, 0) is 29.4 Å². The van der Waals surface area contributed by atoms with E-state index in [9.17, 15) is 4.79 Å². The first-order chi connectivity index (χ1) is 11.1. The molecule has 1 heterocycles. The Balaban J connectivity index is 1.95. The molecule has 1 aliphatic rings. The van der Waals surface area contributed by atoms with Gasteiger partial charge in [-0.25, -0.2) is 5.01 Å². The minimum Gasteiger partial charge on any atom is -0.375 e. The average molecular weight is 341 g/mol. The maximum atomic E-state index is 12.7. The molecule has 6 heteroatoms. The fourth-order valence-electron chi connectivity index (χ4n) is 2.31. The van der Waals surface area contributed by atoms with Crippen molar-refractivity contribution in [2.24, 2.45) is 5.73 Å². The van der Waals surface area contributed by atoms with Crippen molar-refractivity contribution in [3.05, 3.63) is 76.7 Å². The molecule has 0 aromatic heterocycles. The summed E-state index contributed by atoms with van der Waals surface area (Å²) < 4.78 is 0. The second-order valence-corrected chi connectivity index (χ2v) is 6.51. The number of hydrogen-bond acceptors (Lipinski definition) is 3. The van der Waals surface area contributed by atoms with Crippen LogP contribution in [0.3, 0.4) is 0 Å². The van der Waals surface area contributed by atoms with Crippen LogP contribution in [0, 0.1) is 0 Å². The zero-order valence-corrected chi connectivity index (χ0v) is 13.8. The second kappa shape index (κ2) is 6.85. The van der Waals surface area contributed by atoms with E-state index in [1.165, 1.54) is 16.8 Å². The van der Waals surface area contributed by atoms with Crippen LogP contribution in [-0.4, -0.2) is 16.0 Å². The number of thiocarbonyl (C=S) groups is 1. The van der Waals surface area contributed by atoms with E-state index in [0.717, 1.165) is 11.1 Å². The third kappa shape index (κ3) is 3.55. The first kappa shape index (κ1) is 15.6. The van der Waals surface area contributed by atoms with E-state index >= 15 is 0 Å². The molecule has 0 spiro atoms. The van der Waals surface area contributed by atoms with Crippen molar-refractivity contribution in [2.45, 2.75) is 5.37 Å². The molecule has 1 fully saturated rings. The smallest absolute Gasteiger partial charge is 0.280 e. The van der Waals surface area contributed by atoms with Gasteiger partial charge in [-0.15, -0.1) is 0 Å². The van der Waals surface area contributed by atoms with Crippen molar-refractivity contribution in [2.75, 3.05) is 0 Å². The molecule has 0 radical (unpaired) electrons. The number of thioether (sulfide) groups is 1. The fourth-order valence-corrected chi connectivity index (χ4v) is 3.60. The molecule has 0 aliphatic carbocycles. The van der Waals surface area contributed by atoms with Crippen LogP contribution in [0.4, 0.5) is 0 Å². The summed E-state index contributed by atoms with van der Waals surface area (Å²) in [5.74, 6) is -0.138. The quantitative estimate of drug-likeness (QED) is 0.664. The molecular formula is C17H15N3OS2. The third-order valence-corrected chi connectivity index (χ3v) is 4.66. The van der Waals surface area contributed by atoms with Gasteiger partial charge in [-0.2, -0.15) is 0 Å². The first-order valence-corrected chi connectivity index (χ1v) is 8.32. The number of benzene rings is 2. The Morgan fingerprint density at radius 2 is 1.74 bits per heavy atom. The van der Waals surface area contributed by atoms with Gasteiger partial charge < -0.3 is 5.73 Å². The zero-order chi connectivity index (χ0) is 16.2. The van der Waals surface area contributed by atoms with Crippen LogP contribution in [0.5, 0.6) is 0 Å². The lowest BCUT2D eigenvalue weighted by atomic mass is 10.2. The van der Waals surface area contributed by atoms with Crippen LogP contribution in [0.25, 0.3) is 6.08 Å². The summed E-state index contributed by atoms with van der Waals surface area (Å²) in [6.45, 7) is 0. The Hall–Kier alpha value is -2.31. The van der Waals surface area contributed by atoms with E-state index in [1.54, 1.807) is 0 Å². The van der Waals surface area contributed by atoms with Crippen LogP contribution in [0.15, 0.2) is 65.6 Å². The maximum Gasteiger partial charge on any atom is 0.280 e. The molecule has 2 aromatic carbocycles.